The summed E-state index contributed by atoms with van der Waals surface area (Å²) in [6, 6.07) is 146. The number of benzene rings is 18. The van der Waals surface area contributed by atoms with Crippen molar-refractivity contribution in [1.82, 2.24) is 14.1 Å². The van der Waals surface area contributed by atoms with E-state index in [2.05, 4.69) is 428 Å². The lowest BCUT2D eigenvalue weighted by Crippen LogP contribution is -2.69. The molecule has 20 aromatic rings. The number of halogens is 17. The summed E-state index contributed by atoms with van der Waals surface area (Å²) < 4.78 is 260. The van der Waals surface area contributed by atoms with Gasteiger partial charge in [0, 0.05) is 64.0 Å². The van der Waals surface area contributed by atoms with Crippen LogP contribution in [0.5, 0.6) is 0 Å². The number of aromatic nitrogens is 3. The molecule has 2 atom stereocenters. The van der Waals surface area contributed by atoms with Crippen LogP contribution in [0.3, 0.4) is 0 Å². The fourth-order valence-corrected chi connectivity index (χ4v) is 19.0. The molecular formula is C115H79F17N4O5S. The summed E-state index contributed by atoms with van der Waals surface area (Å²) in [4.78, 5) is 7.52. The van der Waals surface area contributed by atoms with Crippen LogP contribution in [0.1, 0.15) is 38.8 Å². The van der Waals surface area contributed by atoms with E-state index in [-0.39, 0.29) is 5.41 Å². The van der Waals surface area contributed by atoms with Gasteiger partial charge in [0.2, 0.25) is 0 Å². The number of hydrogen-bond acceptors (Lipinski definition) is 6. The van der Waals surface area contributed by atoms with Gasteiger partial charge in [-0.15, -0.1) is 0 Å². The first kappa shape index (κ1) is 95.6. The van der Waals surface area contributed by atoms with Crippen LogP contribution in [0.2, 0.25) is 0 Å². The Balaban J connectivity index is 0.000000140. The summed E-state index contributed by atoms with van der Waals surface area (Å²) in [5.41, 5.74) is 28.7. The number of anilines is 3. The molecule has 0 aliphatic heterocycles. The molecule has 142 heavy (non-hydrogen) atoms. The zero-order valence-electron chi connectivity index (χ0n) is 75.3. The van der Waals surface area contributed by atoms with Crippen molar-refractivity contribution < 1.29 is 97.1 Å². The molecule has 18 aromatic carbocycles. The zero-order chi connectivity index (χ0) is 100. The third-order valence-electron chi connectivity index (χ3n) is 25.9. The van der Waals surface area contributed by atoms with Crippen LogP contribution in [-0.2, 0) is 25.0 Å². The van der Waals surface area contributed by atoms with Crippen molar-refractivity contribution in [3.05, 3.63) is 412 Å². The number of fused-ring (bicyclic) bond motifs is 11. The molecule has 9 nitrogen and oxygen atoms in total. The Kier molecular flexibility index (Phi) is 24.1. The normalized spacial score (nSPS) is 14.0. The fraction of sp³-hybridized carbons (Fsp3) is 0.122. The number of rotatable bonds is 21. The average Bonchev–Trinajstić information content (AvgIpc) is 0.832. The molecule has 0 fully saturated rings. The van der Waals surface area contributed by atoms with Gasteiger partial charge in [-0.25, -0.2) is 9.37 Å². The largest absolute Gasteiger partial charge is 0.460 e. The SMILES string of the molecule is CC(F)(F)C(F)(F)C(F)(F)C(C)(F)OC(F)(F)C(F)(OC(F)(F)C(F)(F)S(=O)(=O)O)C(F)(F)F.CC1(C)c2ccccc2-c2ccc(N(c3ccc(-c4ccccc4)cc3)c3ccc(-c4ccc5c(c4)c4ccccc4n5-c4ccccc4)cc3)cc21.c1ccc(-n2c(-c3ccc(-c4ccc5c(-c6ccc7ccccc7c6)c6ccccc6c(-c6ccc7ccccc7c6)c5c4)cc3)nc3ccccc32)cc1. The predicted octanol–water partition coefficient (Wildman–Crippen LogP) is 33.7. The van der Waals surface area contributed by atoms with E-state index < -0.39 is 77.1 Å². The first-order chi connectivity index (χ1) is 67.5. The third kappa shape index (κ3) is 16.8. The molecule has 0 bridgehead atoms. The second kappa shape index (κ2) is 35.8. The van der Waals surface area contributed by atoms with E-state index in [9.17, 15) is 83.1 Å². The Morgan fingerprint density at radius 1 is 0.317 bits per heavy atom. The van der Waals surface area contributed by atoms with Crippen molar-refractivity contribution in [1.29, 1.82) is 0 Å². The molecule has 2 unspecified atom stereocenters. The summed E-state index contributed by atoms with van der Waals surface area (Å²) in [5, 5.41) is 5.08. The standard InChI is InChI=1S/C53H34N2.C51H38N2.C11H7F17O5S/c1-2-16-44(17-3-1)55-50-21-11-10-20-49(50)54-53(55)38-26-22-37(23-27-38)41-30-31-47-48(34-41)52(43-29-25-36-13-5-7-15-40(36)33-43)46-19-9-8-18-45(46)51(47)42-28-24-35-12-4-6-14-39(35)32-42;1-51(2)47-19-11-9-17-43(47)44-31-30-42(34-48(44)51)52(40-26-21-36(22-27-40)35-13-5-3-6-14-35)41-28-23-37(24-29-41)38-25-32-50-46(33-38)45-18-10-12-20-49(45)53(50)39-15-7-4-8-16-39;1-3(12,13)5(15,16)6(17,18)4(2,14)32-9(23,24)7(19,8(20,21)22)33-10(25,26)11(27,28)34(29,30)31/h1-34H;3-34H,1-2H3;1-2H3,(H,29,30,31). The first-order valence-corrected chi connectivity index (χ1v) is 46.0. The van der Waals surface area contributed by atoms with Gasteiger partial charge in [-0.3, -0.25) is 18.6 Å². The molecular weight excluding hydrogens is 1870 g/mol. The highest BCUT2D eigenvalue weighted by Gasteiger charge is 2.85. The van der Waals surface area contributed by atoms with Crippen LogP contribution in [0.15, 0.2) is 400 Å². The number of imidazole rings is 1. The van der Waals surface area contributed by atoms with E-state index in [1.807, 2.05) is 4.74 Å². The van der Waals surface area contributed by atoms with E-state index in [1.165, 1.54) is 148 Å². The van der Waals surface area contributed by atoms with Gasteiger partial charge < -0.3 is 9.47 Å². The number of hydrogen-bond donors (Lipinski definition) is 1. The lowest BCUT2D eigenvalue weighted by Gasteiger charge is -2.42. The molecule has 0 spiro atoms. The number of ether oxygens (including phenoxy) is 2. The third-order valence-corrected chi connectivity index (χ3v) is 26.7. The molecule has 714 valence electrons. The predicted molar refractivity (Wildman–Crippen MR) is 525 cm³/mol. The Labute approximate surface area is 801 Å². The fourth-order valence-electron chi connectivity index (χ4n) is 18.7. The Morgan fingerprint density at radius 2 is 0.718 bits per heavy atom. The maximum atomic E-state index is 13.9. The van der Waals surface area contributed by atoms with Crippen molar-refractivity contribution in [3.8, 4) is 89.5 Å². The average molecular weight is 1950 g/mol. The van der Waals surface area contributed by atoms with Gasteiger partial charge >= 0.3 is 57.4 Å². The lowest BCUT2D eigenvalue weighted by atomic mass is 9.82. The molecule has 2 heterocycles. The van der Waals surface area contributed by atoms with E-state index in [4.69, 9.17) is 9.54 Å². The Bertz CT molecular complexity index is 8350. The van der Waals surface area contributed by atoms with E-state index >= 15 is 0 Å². The Hall–Kier alpha value is -15.3. The maximum absolute atomic E-state index is 13.9. The van der Waals surface area contributed by atoms with Crippen LogP contribution in [0, 0.1) is 0 Å². The second-order valence-electron chi connectivity index (χ2n) is 35.2. The summed E-state index contributed by atoms with van der Waals surface area (Å²) in [6.07, 6.45) is -23.5. The van der Waals surface area contributed by atoms with Crippen LogP contribution in [0.4, 0.5) is 91.7 Å². The van der Waals surface area contributed by atoms with Gasteiger partial charge in [0.05, 0.1) is 22.1 Å². The van der Waals surface area contributed by atoms with E-state index in [0.717, 1.165) is 50.7 Å². The van der Waals surface area contributed by atoms with Crippen molar-refractivity contribution in [3.63, 3.8) is 0 Å². The van der Waals surface area contributed by atoms with Crippen molar-refractivity contribution in [2.75, 3.05) is 4.90 Å². The van der Waals surface area contributed by atoms with Crippen LogP contribution in [0.25, 0.3) is 165 Å². The van der Waals surface area contributed by atoms with Crippen LogP contribution < -0.4 is 4.90 Å². The molecule has 0 saturated carbocycles. The quantitative estimate of drug-likeness (QED) is 0.0435. The second-order valence-corrected chi connectivity index (χ2v) is 36.7. The molecule has 21 rings (SSSR count). The van der Waals surface area contributed by atoms with Gasteiger partial charge in [0.1, 0.15) is 5.82 Å². The highest BCUT2D eigenvalue weighted by molar-refractivity contribution is 7.87. The first-order valence-electron chi connectivity index (χ1n) is 44.6. The molecule has 1 aliphatic rings. The minimum atomic E-state index is -7.99. The monoisotopic (exact) mass is 1950 g/mol. The van der Waals surface area contributed by atoms with Crippen LogP contribution in [-0.4, -0.2) is 80.2 Å². The molecule has 0 radical (unpaired) electrons. The Morgan fingerprint density at radius 3 is 1.27 bits per heavy atom. The van der Waals surface area contributed by atoms with Crippen molar-refractivity contribution in [2.24, 2.45) is 0 Å². The van der Waals surface area contributed by atoms with E-state index in [1.54, 1.807) is 0 Å². The van der Waals surface area contributed by atoms with Crippen molar-refractivity contribution >= 4 is 103 Å². The summed E-state index contributed by atoms with van der Waals surface area (Å²) in [6.45, 7) is 2.17. The molecule has 0 amide bonds. The minimum absolute atomic E-state index is 0.0864. The van der Waals surface area contributed by atoms with E-state index in [0.29, 0.717) is 0 Å². The number of para-hydroxylation sites is 5. The van der Waals surface area contributed by atoms with Crippen LogP contribution >= 0.6 is 0 Å². The highest BCUT2D eigenvalue weighted by Crippen LogP contribution is 2.60. The van der Waals surface area contributed by atoms with Gasteiger partial charge in [0.15, 0.2) is 0 Å². The molecule has 0 saturated heterocycles. The van der Waals surface area contributed by atoms with Gasteiger partial charge in [-0.2, -0.15) is 78.7 Å². The molecule has 1 N–H and O–H groups in total. The smallest absolute Gasteiger partial charge is 0.310 e. The maximum Gasteiger partial charge on any atom is 0.460 e. The van der Waals surface area contributed by atoms with Crippen molar-refractivity contribution in [2.45, 2.75) is 86.2 Å². The number of alkyl halides is 17. The zero-order valence-corrected chi connectivity index (χ0v) is 76.1. The van der Waals surface area contributed by atoms with Gasteiger partial charge in [-0.05, 0) is 230 Å². The highest BCUT2D eigenvalue weighted by atomic mass is 32.2. The molecule has 27 heteroatoms. The minimum Gasteiger partial charge on any atom is -0.310 e. The topological polar surface area (TPSA) is 98.8 Å². The lowest BCUT2D eigenvalue weighted by molar-refractivity contribution is -0.538. The number of nitrogens with zero attached hydrogens (tertiary/aromatic N) is 4. The molecule has 1 aliphatic carbocycles. The van der Waals surface area contributed by atoms with Gasteiger partial charge in [-0.1, -0.05) is 305 Å². The summed E-state index contributed by atoms with van der Waals surface area (Å²) in [7, 11) is -7.62. The summed E-state index contributed by atoms with van der Waals surface area (Å²) in [5.74, 6) is -34.1. The summed E-state index contributed by atoms with van der Waals surface area (Å²) >= 11 is 0. The van der Waals surface area contributed by atoms with Gasteiger partial charge in [0.25, 0.3) is 5.85 Å². The molecule has 2 aromatic heterocycles.